The van der Waals surface area contributed by atoms with Crippen molar-refractivity contribution >= 4 is 33.5 Å². The van der Waals surface area contributed by atoms with Crippen LogP contribution in [0.15, 0.2) is 71.5 Å². The summed E-state index contributed by atoms with van der Waals surface area (Å²) in [7, 11) is 0. The van der Waals surface area contributed by atoms with Gasteiger partial charge in [-0.1, -0.05) is 30.3 Å². The minimum Gasteiger partial charge on any atom is -0.379 e. The number of primary amides is 1. The fraction of sp³-hybridized carbons (Fsp3) is 0.233. The number of benzene rings is 3. The van der Waals surface area contributed by atoms with E-state index in [0.29, 0.717) is 22.9 Å². The van der Waals surface area contributed by atoms with Gasteiger partial charge >= 0.3 is 0 Å². The third-order valence-corrected chi connectivity index (χ3v) is 8.13. The number of piperidine rings is 3. The Kier molecular flexibility index (Phi) is 5.30. The molecule has 3 aromatic carbocycles. The van der Waals surface area contributed by atoms with Crippen molar-refractivity contribution < 1.29 is 4.79 Å². The molecule has 3 aliphatic heterocycles. The number of aromatic amines is 2. The van der Waals surface area contributed by atoms with Gasteiger partial charge in [0.05, 0.1) is 22.2 Å². The molecule has 5 N–H and O–H groups in total. The molecule has 5 aromatic rings. The first kappa shape index (κ1) is 22.7. The average Bonchev–Trinajstić information content (AvgIpc) is 3.37. The number of nitrogens with one attached hydrogen (secondary N) is 3. The van der Waals surface area contributed by atoms with Crippen molar-refractivity contribution in [3.8, 4) is 22.5 Å². The highest BCUT2D eigenvalue weighted by Gasteiger charge is 2.35. The second-order valence-electron chi connectivity index (χ2n) is 10.4. The van der Waals surface area contributed by atoms with Crippen LogP contribution in [-0.4, -0.2) is 51.4 Å². The Labute approximate surface area is 218 Å². The number of hydrogen-bond acceptors (Lipinski definition) is 5. The zero-order chi connectivity index (χ0) is 25.8. The van der Waals surface area contributed by atoms with E-state index < -0.39 is 5.91 Å². The zero-order valence-electron chi connectivity index (χ0n) is 20.8. The highest BCUT2D eigenvalue weighted by Crippen LogP contribution is 2.37. The van der Waals surface area contributed by atoms with Crippen LogP contribution in [0.25, 0.3) is 44.5 Å². The lowest BCUT2D eigenvalue weighted by molar-refractivity contribution is 0.0976. The van der Waals surface area contributed by atoms with E-state index in [1.165, 1.54) is 0 Å². The third-order valence-electron chi connectivity index (χ3n) is 8.13. The van der Waals surface area contributed by atoms with Crippen LogP contribution in [0.4, 0.5) is 5.69 Å². The molecule has 8 nitrogen and oxygen atoms in total. The van der Waals surface area contributed by atoms with Gasteiger partial charge < -0.3 is 25.9 Å². The Hall–Kier alpha value is -4.43. The van der Waals surface area contributed by atoms with E-state index in [2.05, 4.69) is 26.3 Å². The van der Waals surface area contributed by atoms with Crippen LogP contribution >= 0.6 is 0 Å². The molecule has 38 heavy (non-hydrogen) atoms. The molecule has 0 aliphatic carbocycles. The van der Waals surface area contributed by atoms with E-state index >= 15 is 0 Å². The quantitative estimate of drug-likeness (QED) is 0.284. The second-order valence-corrected chi connectivity index (χ2v) is 10.4. The normalized spacial score (nSPS) is 20.7. The Balaban J connectivity index is 1.42. The number of carbonyl (C=O) groups excluding carboxylic acids is 1. The van der Waals surface area contributed by atoms with Crippen LogP contribution in [0.3, 0.4) is 0 Å². The minimum absolute atomic E-state index is 0.182. The minimum atomic E-state index is -0.452. The summed E-state index contributed by atoms with van der Waals surface area (Å²) in [5, 5.41) is 4.75. The first-order valence-electron chi connectivity index (χ1n) is 13.1. The molecule has 0 saturated carbocycles. The number of para-hydroxylation sites is 2. The van der Waals surface area contributed by atoms with E-state index in [1.807, 2.05) is 48.5 Å². The molecule has 3 saturated heterocycles. The molecule has 1 atom stereocenters. The number of nitrogens with zero attached hydrogens (tertiary/aromatic N) is 2. The number of anilines is 1. The number of imidazole rings is 1. The zero-order valence-corrected chi connectivity index (χ0v) is 20.8. The van der Waals surface area contributed by atoms with Crippen molar-refractivity contribution in [1.29, 1.82) is 0 Å². The number of nitrogens with two attached hydrogens (primary N) is 1. The third kappa shape index (κ3) is 3.85. The first-order valence-corrected chi connectivity index (χ1v) is 13.1. The Morgan fingerprint density at radius 2 is 1.71 bits per heavy atom. The number of aromatic nitrogens is 3. The molecule has 5 heterocycles. The molecule has 2 bridgehead atoms. The fourth-order valence-corrected chi connectivity index (χ4v) is 6.06. The van der Waals surface area contributed by atoms with Gasteiger partial charge in [0.2, 0.25) is 5.91 Å². The molecule has 0 unspecified atom stereocenters. The monoisotopic (exact) mass is 504 g/mol. The maximum atomic E-state index is 13.6. The molecule has 0 radical (unpaired) electrons. The summed E-state index contributed by atoms with van der Waals surface area (Å²) in [6.07, 6.45) is 2.33. The van der Waals surface area contributed by atoms with E-state index in [-0.39, 0.29) is 11.6 Å². The topological polar surface area (TPSA) is 120 Å². The molecule has 3 aliphatic rings. The molecule has 2 aromatic heterocycles. The van der Waals surface area contributed by atoms with Gasteiger partial charge in [-0.3, -0.25) is 9.59 Å². The van der Waals surface area contributed by atoms with Gasteiger partial charge in [-0.25, -0.2) is 4.98 Å². The van der Waals surface area contributed by atoms with Crippen LogP contribution in [0.5, 0.6) is 0 Å². The number of amides is 1. The summed E-state index contributed by atoms with van der Waals surface area (Å²) in [6, 6.07) is 21.4. The van der Waals surface area contributed by atoms with Crippen LogP contribution < -0.4 is 16.6 Å². The summed E-state index contributed by atoms with van der Waals surface area (Å²) >= 11 is 0. The summed E-state index contributed by atoms with van der Waals surface area (Å²) in [6.45, 7) is 3.24. The van der Waals surface area contributed by atoms with Crippen LogP contribution in [-0.2, 0) is 0 Å². The van der Waals surface area contributed by atoms with E-state index in [4.69, 9.17) is 10.7 Å². The lowest BCUT2D eigenvalue weighted by Gasteiger charge is -2.45. The number of hydrogen-bond donors (Lipinski definition) is 4. The summed E-state index contributed by atoms with van der Waals surface area (Å²) in [5.74, 6) is 0.670. The van der Waals surface area contributed by atoms with Crippen molar-refractivity contribution in [2.45, 2.75) is 18.9 Å². The van der Waals surface area contributed by atoms with Crippen molar-refractivity contribution in [3.05, 3.63) is 82.6 Å². The standard InChI is InChI=1S/C30H28N6O2/c31-28(37)19-7-5-17(6-8-19)20-9-10-22-21(15-20)27(32-25-16-36-13-11-18(25)12-14-36)26(30(38)35-22)29-33-23-3-1-2-4-24(23)34-29/h1-10,15,18,25H,11-14,16H2,(H2,31,37)(H,33,34)(H2,32,35,38)/t25-/m0/s1. The highest BCUT2D eigenvalue weighted by molar-refractivity contribution is 6.01. The molecule has 1 amide bonds. The van der Waals surface area contributed by atoms with Crippen molar-refractivity contribution in [2.75, 3.05) is 25.0 Å². The highest BCUT2D eigenvalue weighted by atomic mass is 16.1. The summed E-state index contributed by atoms with van der Waals surface area (Å²) < 4.78 is 0. The average molecular weight is 505 g/mol. The maximum Gasteiger partial charge on any atom is 0.261 e. The van der Waals surface area contributed by atoms with Gasteiger partial charge in [0.25, 0.3) is 5.56 Å². The van der Waals surface area contributed by atoms with E-state index in [1.54, 1.807) is 12.1 Å². The van der Waals surface area contributed by atoms with Gasteiger partial charge in [-0.2, -0.15) is 0 Å². The largest absolute Gasteiger partial charge is 0.379 e. The molecule has 8 heteroatoms. The number of H-pyrrole nitrogens is 2. The van der Waals surface area contributed by atoms with Crippen molar-refractivity contribution in [3.63, 3.8) is 0 Å². The van der Waals surface area contributed by atoms with Gasteiger partial charge in [0.15, 0.2) is 0 Å². The molecule has 190 valence electrons. The number of fused-ring (bicyclic) bond motifs is 5. The summed E-state index contributed by atoms with van der Waals surface area (Å²) in [4.78, 5) is 38.9. The first-order chi connectivity index (χ1) is 18.5. The molecular weight excluding hydrogens is 476 g/mol. The van der Waals surface area contributed by atoms with Gasteiger partial charge in [-0.05, 0) is 79.4 Å². The maximum absolute atomic E-state index is 13.6. The molecule has 3 fully saturated rings. The number of pyridine rings is 1. The number of carbonyl (C=O) groups is 1. The molecule has 0 spiro atoms. The van der Waals surface area contributed by atoms with Gasteiger partial charge in [0.1, 0.15) is 11.4 Å². The van der Waals surface area contributed by atoms with Crippen molar-refractivity contribution in [2.24, 2.45) is 11.7 Å². The Bertz CT molecular complexity index is 1710. The van der Waals surface area contributed by atoms with E-state index in [9.17, 15) is 9.59 Å². The fourth-order valence-electron chi connectivity index (χ4n) is 6.06. The van der Waals surface area contributed by atoms with Gasteiger partial charge in [0, 0.05) is 23.5 Å². The smallest absolute Gasteiger partial charge is 0.261 e. The van der Waals surface area contributed by atoms with Gasteiger partial charge in [-0.15, -0.1) is 0 Å². The Morgan fingerprint density at radius 3 is 2.42 bits per heavy atom. The second kappa shape index (κ2) is 8.85. The Morgan fingerprint density at radius 1 is 0.947 bits per heavy atom. The van der Waals surface area contributed by atoms with E-state index in [0.717, 1.165) is 71.2 Å². The SMILES string of the molecule is NC(=O)c1ccc(-c2ccc3[nH]c(=O)c(-c4nc5ccccc5[nH]4)c(N[C@H]4CN5CCC4CC5)c3c2)cc1. The predicted molar refractivity (Wildman–Crippen MR) is 150 cm³/mol. The van der Waals surface area contributed by atoms with Crippen molar-refractivity contribution in [1.82, 2.24) is 19.9 Å². The van der Waals surface area contributed by atoms with Crippen LogP contribution in [0.2, 0.25) is 0 Å². The molecule has 8 rings (SSSR count). The lowest BCUT2D eigenvalue weighted by Crippen LogP contribution is -2.53. The molecular formula is C30H28N6O2. The predicted octanol–water partition coefficient (Wildman–Crippen LogP) is 4.34. The summed E-state index contributed by atoms with van der Waals surface area (Å²) in [5.41, 5.74) is 11.4. The number of rotatable bonds is 5. The van der Waals surface area contributed by atoms with Crippen LogP contribution in [0.1, 0.15) is 23.2 Å². The van der Waals surface area contributed by atoms with Crippen LogP contribution in [0, 0.1) is 5.92 Å². The lowest BCUT2D eigenvalue weighted by atomic mass is 9.83.